The predicted octanol–water partition coefficient (Wildman–Crippen LogP) is 6.25. The van der Waals surface area contributed by atoms with E-state index in [-0.39, 0.29) is 29.0 Å². The monoisotopic (exact) mass is 664 g/mol. The van der Waals surface area contributed by atoms with Gasteiger partial charge in [-0.05, 0) is 69.3 Å². The maximum Gasteiger partial charge on any atom is 0.337 e. The van der Waals surface area contributed by atoms with Crippen LogP contribution in [0.3, 0.4) is 0 Å². The summed E-state index contributed by atoms with van der Waals surface area (Å²) in [6.45, 7) is 8.07. The number of carbonyl (C=O) groups excluding carboxylic acids is 2. The third-order valence-electron chi connectivity index (χ3n) is 9.58. The van der Waals surface area contributed by atoms with Crippen molar-refractivity contribution < 1.29 is 24.0 Å². The van der Waals surface area contributed by atoms with Gasteiger partial charge >= 0.3 is 11.9 Å². The van der Waals surface area contributed by atoms with Gasteiger partial charge in [0.15, 0.2) is 0 Å². The number of nitrogens with one attached hydrogen (secondary N) is 1. The lowest BCUT2D eigenvalue weighted by Gasteiger charge is -2.36. The Morgan fingerprint density at radius 2 is 1.24 bits per heavy atom. The number of nitro groups is 1. The number of dihydropyridines is 1. The van der Waals surface area contributed by atoms with Crippen molar-refractivity contribution in [3.63, 3.8) is 0 Å². The largest absolute Gasteiger partial charge is 0.458 e. The van der Waals surface area contributed by atoms with Gasteiger partial charge in [0, 0.05) is 49.7 Å². The zero-order valence-corrected chi connectivity index (χ0v) is 28.2. The number of ether oxygens (including phenoxy) is 2. The second-order valence-electron chi connectivity index (χ2n) is 13.3. The van der Waals surface area contributed by atoms with Crippen LogP contribution in [-0.4, -0.2) is 65.0 Å². The third kappa shape index (κ3) is 8.44. The Labute approximate surface area is 287 Å². The van der Waals surface area contributed by atoms with Gasteiger partial charge in [0.05, 0.1) is 22.0 Å². The Hall–Kier alpha value is -4.80. The number of nitrogens with zero attached hydrogens (tertiary/aromatic N) is 3. The number of piperidine rings is 2. The van der Waals surface area contributed by atoms with E-state index in [1.807, 2.05) is 36.4 Å². The molecule has 0 bridgehead atoms. The Morgan fingerprint density at radius 3 is 1.71 bits per heavy atom. The molecule has 10 heteroatoms. The minimum absolute atomic E-state index is 0.126. The molecular weight excluding hydrogens is 620 g/mol. The van der Waals surface area contributed by atoms with Gasteiger partial charge < -0.3 is 14.8 Å². The average Bonchev–Trinajstić information content (AvgIpc) is 3.09. The number of non-ortho nitro benzene ring substituents is 1. The van der Waals surface area contributed by atoms with Crippen LogP contribution in [-0.2, 0) is 32.2 Å². The van der Waals surface area contributed by atoms with Crippen LogP contribution in [0.15, 0.2) is 107 Å². The van der Waals surface area contributed by atoms with Gasteiger partial charge in [-0.25, -0.2) is 9.59 Å². The fraction of sp³-hybridized carbons (Fsp3) is 0.385. The molecular formula is C39H44N4O6. The van der Waals surface area contributed by atoms with Crippen LogP contribution in [0.5, 0.6) is 0 Å². The summed E-state index contributed by atoms with van der Waals surface area (Å²) in [5.41, 5.74) is 4.32. The van der Waals surface area contributed by atoms with E-state index in [4.69, 9.17) is 9.47 Å². The van der Waals surface area contributed by atoms with E-state index in [1.165, 1.54) is 23.3 Å². The molecule has 0 radical (unpaired) electrons. The highest BCUT2D eigenvalue weighted by Gasteiger charge is 2.40. The summed E-state index contributed by atoms with van der Waals surface area (Å²) < 4.78 is 12.4. The van der Waals surface area contributed by atoms with E-state index in [0.717, 1.165) is 51.9 Å². The molecule has 3 aromatic rings. The van der Waals surface area contributed by atoms with Crippen molar-refractivity contribution in [2.24, 2.45) is 0 Å². The van der Waals surface area contributed by atoms with Crippen molar-refractivity contribution in [2.75, 3.05) is 26.2 Å². The number of rotatable bonds is 10. The SMILES string of the molecule is CC1=C(C(=O)O[C@@H]2CCCN(Cc3ccccc3)C2)C(c2cccc([N+](=O)[O-])c2)C(C(=O)O[C@@H]2CCCN(Cc3ccccc3)C2)=C(C)N1. The molecule has 49 heavy (non-hydrogen) atoms. The molecule has 0 spiro atoms. The van der Waals surface area contributed by atoms with Crippen LogP contribution in [0.1, 0.15) is 62.1 Å². The fourth-order valence-electron chi connectivity index (χ4n) is 7.31. The van der Waals surface area contributed by atoms with E-state index >= 15 is 0 Å². The lowest BCUT2D eigenvalue weighted by Crippen LogP contribution is -2.42. The standard InChI is InChI=1S/C39H44N4O6/c1-27-35(38(44)48-33-18-10-20-41(25-33)23-29-12-5-3-6-13-29)37(31-16-9-17-32(22-31)43(46)47)36(28(2)40-27)39(45)49-34-19-11-21-42(26-34)24-30-14-7-4-8-15-30/h3-9,12-17,22,33-34,37,40H,10-11,18-21,23-26H2,1-2H3/t33-,34-/m1/s1. The number of esters is 2. The van der Waals surface area contributed by atoms with Crippen molar-refractivity contribution in [1.82, 2.24) is 15.1 Å². The smallest absolute Gasteiger partial charge is 0.337 e. The summed E-state index contributed by atoms with van der Waals surface area (Å²) in [4.78, 5) is 44.3. The van der Waals surface area contributed by atoms with Crippen molar-refractivity contribution >= 4 is 17.6 Å². The van der Waals surface area contributed by atoms with E-state index in [0.29, 0.717) is 30.0 Å². The number of allylic oxidation sites excluding steroid dienone is 2. The van der Waals surface area contributed by atoms with Crippen LogP contribution in [0.2, 0.25) is 0 Å². The lowest BCUT2D eigenvalue weighted by atomic mass is 9.80. The minimum Gasteiger partial charge on any atom is -0.458 e. The van der Waals surface area contributed by atoms with Gasteiger partial charge in [0.1, 0.15) is 12.2 Å². The number of likely N-dealkylation sites (tertiary alicyclic amines) is 2. The molecule has 0 unspecified atom stereocenters. The van der Waals surface area contributed by atoms with Crippen molar-refractivity contribution in [3.8, 4) is 0 Å². The van der Waals surface area contributed by atoms with E-state index < -0.39 is 22.8 Å². The van der Waals surface area contributed by atoms with Crippen LogP contribution in [0, 0.1) is 10.1 Å². The average molecular weight is 665 g/mol. The Morgan fingerprint density at radius 1 is 0.755 bits per heavy atom. The quantitative estimate of drug-likeness (QED) is 0.153. The number of carbonyl (C=O) groups is 2. The van der Waals surface area contributed by atoms with Crippen molar-refractivity contribution in [3.05, 3.63) is 134 Å². The molecule has 0 amide bonds. The predicted molar refractivity (Wildman–Crippen MR) is 186 cm³/mol. The second kappa shape index (κ2) is 15.6. The first kappa shape index (κ1) is 34.1. The summed E-state index contributed by atoms with van der Waals surface area (Å²) in [5.74, 6) is -2.00. The maximum atomic E-state index is 14.2. The van der Waals surface area contributed by atoms with Crippen LogP contribution < -0.4 is 5.32 Å². The van der Waals surface area contributed by atoms with Crippen LogP contribution in [0.25, 0.3) is 0 Å². The van der Waals surface area contributed by atoms with Gasteiger partial charge in [0.25, 0.3) is 5.69 Å². The number of nitro benzene ring substituents is 1. The molecule has 256 valence electrons. The molecule has 0 aliphatic carbocycles. The summed E-state index contributed by atoms with van der Waals surface area (Å²) in [6.07, 6.45) is 2.54. The van der Waals surface area contributed by atoms with Crippen molar-refractivity contribution in [2.45, 2.75) is 70.7 Å². The Balaban J connectivity index is 1.23. The molecule has 2 saturated heterocycles. The lowest BCUT2D eigenvalue weighted by molar-refractivity contribution is -0.384. The number of hydrogen-bond donors (Lipinski definition) is 1. The summed E-state index contributed by atoms with van der Waals surface area (Å²) in [7, 11) is 0. The van der Waals surface area contributed by atoms with Gasteiger partial charge in [-0.2, -0.15) is 0 Å². The van der Waals surface area contributed by atoms with Crippen LogP contribution in [0.4, 0.5) is 5.69 Å². The molecule has 10 nitrogen and oxygen atoms in total. The highest BCUT2D eigenvalue weighted by Crippen LogP contribution is 2.41. The molecule has 2 atom stereocenters. The van der Waals surface area contributed by atoms with Gasteiger partial charge in [-0.3, -0.25) is 19.9 Å². The first-order valence-electron chi connectivity index (χ1n) is 17.1. The molecule has 2 fully saturated rings. The summed E-state index contributed by atoms with van der Waals surface area (Å²) in [6, 6.07) is 26.5. The normalized spacial score (nSPS) is 20.9. The molecule has 6 rings (SSSR count). The second-order valence-corrected chi connectivity index (χ2v) is 13.3. The molecule has 0 aromatic heterocycles. The number of hydrogen-bond acceptors (Lipinski definition) is 9. The first-order valence-corrected chi connectivity index (χ1v) is 17.1. The van der Waals surface area contributed by atoms with Gasteiger partial charge in [-0.15, -0.1) is 0 Å². The molecule has 3 aromatic carbocycles. The minimum atomic E-state index is -0.908. The molecule has 3 aliphatic heterocycles. The highest BCUT2D eigenvalue weighted by atomic mass is 16.6. The van der Waals surface area contributed by atoms with E-state index in [9.17, 15) is 19.7 Å². The van der Waals surface area contributed by atoms with Crippen LogP contribution >= 0.6 is 0 Å². The topological polar surface area (TPSA) is 114 Å². The fourth-order valence-corrected chi connectivity index (χ4v) is 7.31. The van der Waals surface area contributed by atoms with E-state index in [2.05, 4.69) is 39.4 Å². The maximum absolute atomic E-state index is 14.2. The zero-order valence-electron chi connectivity index (χ0n) is 28.2. The van der Waals surface area contributed by atoms with Crippen molar-refractivity contribution in [1.29, 1.82) is 0 Å². The van der Waals surface area contributed by atoms with E-state index in [1.54, 1.807) is 26.0 Å². The van der Waals surface area contributed by atoms with Gasteiger partial charge in [-0.1, -0.05) is 72.8 Å². The van der Waals surface area contributed by atoms with Gasteiger partial charge in [0.2, 0.25) is 0 Å². The Kier molecular flexibility index (Phi) is 10.9. The number of benzene rings is 3. The molecule has 3 aliphatic rings. The summed E-state index contributed by atoms with van der Waals surface area (Å²) >= 11 is 0. The Bertz CT molecular complexity index is 1630. The molecule has 0 saturated carbocycles. The third-order valence-corrected chi connectivity index (χ3v) is 9.58. The highest BCUT2D eigenvalue weighted by molar-refractivity contribution is 6.00. The zero-order chi connectivity index (χ0) is 34.3. The first-order chi connectivity index (χ1) is 23.7. The molecule has 1 N–H and O–H groups in total. The summed E-state index contributed by atoms with van der Waals surface area (Å²) in [5, 5.41) is 15.1. The molecule has 3 heterocycles.